The molecule has 0 heterocycles. The average Bonchev–Trinajstić information content (AvgIpc) is 2.28. The highest BCUT2D eigenvalue weighted by molar-refractivity contribution is 6.30. The number of carbonyl (C=O) groups is 1. The Morgan fingerprint density at radius 3 is 2.88 bits per heavy atom. The zero-order valence-electron chi connectivity index (χ0n) is 9.11. The lowest BCUT2D eigenvalue weighted by Gasteiger charge is -2.18. The fourth-order valence-corrected chi connectivity index (χ4v) is 1.60. The second-order valence-corrected chi connectivity index (χ2v) is 3.83. The van der Waals surface area contributed by atoms with Crippen molar-refractivity contribution in [3.63, 3.8) is 0 Å². The molecule has 3 nitrogen and oxygen atoms in total. The summed E-state index contributed by atoms with van der Waals surface area (Å²) in [6, 6.07) is 8.75. The van der Waals surface area contributed by atoms with Gasteiger partial charge in [0.15, 0.2) is 0 Å². The zero-order chi connectivity index (χ0) is 12.0. The van der Waals surface area contributed by atoms with Crippen molar-refractivity contribution in [2.75, 3.05) is 13.1 Å². The molecule has 0 aliphatic heterocycles. The molecule has 4 heteroatoms. The molecule has 0 bridgehead atoms. The standard InChI is InChI=1S/C12H13ClN2O/c1-2-7-15(8-6-14)12(16)10-4-3-5-11(13)9-10/h3-5,9H,2,7-8H2,1H3. The van der Waals surface area contributed by atoms with E-state index in [4.69, 9.17) is 16.9 Å². The first-order valence-electron chi connectivity index (χ1n) is 5.10. The summed E-state index contributed by atoms with van der Waals surface area (Å²) in [5.41, 5.74) is 0.524. The average molecular weight is 237 g/mol. The van der Waals surface area contributed by atoms with Crippen molar-refractivity contribution in [1.82, 2.24) is 4.90 Å². The maximum Gasteiger partial charge on any atom is 0.254 e. The third kappa shape index (κ3) is 3.25. The third-order valence-electron chi connectivity index (χ3n) is 2.11. The van der Waals surface area contributed by atoms with Crippen LogP contribution in [0.4, 0.5) is 0 Å². The van der Waals surface area contributed by atoms with Gasteiger partial charge in [0.05, 0.1) is 6.07 Å². The summed E-state index contributed by atoms with van der Waals surface area (Å²) in [6.45, 7) is 2.66. The Balaban J connectivity index is 2.86. The first kappa shape index (κ1) is 12.5. The summed E-state index contributed by atoms with van der Waals surface area (Å²) in [4.78, 5) is 13.5. The fraction of sp³-hybridized carbons (Fsp3) is 0.333. The van der Waals surface area contributed by atoms with Gasteiger partial charge in [0.25, 0.3) is 5.91 Å². The molecule has 0 N–H and O–H groups in total. The van der Waals surface area contributed by atoms with Crippen molar-refractivity contribution in [2.45, 2.75) is 13.3 Å². The normalized spacial score (nSPS) is 9.56. The van der Waals surface area contributed by atoms with Gasteiger partial charge in [-0.15, -0.1) is 0 Å². The second kappa shape index (κ2) is 6.14. The Morgan fingerprint density at radius 1 is 1.56 bits per heavy atom. The van der Waals surface area contributed by atoms with Crippen molar-refractivity contribution < 1.29 is 4.79 Å². The first-order chi connectivity index (χ1) is 7.69. The molecule has 0 saturated carbocycles. The minimum atomic E-state index is -0.147. The van der Waals surface area contributed by atoms with Crippen LogP contribution in [-0.2, 0) is 0 Å². The minimum Gasteiger partial charge on any atom is -0.325 e. The van der Waals surface area contributed by atoms with Crippen molar-refractivity contribution in [3.05, 3.63) is 34.9 Å². The molecule has 0 radical (unpaired) electrons. The Kier molecular flexibility index (Phi) is 4.81. The van der Waals surface area contributed by atoms with E-state index >= 15 is 0 Å². The van der Waals surface area contributed by atoms with E-state index in [1.807, 2.05) is 13.0 Å². The molecule has 0 aliphatic carbocycles. The molecular weight excluding hydrogens is 224 g/mol. The minimum absolute atomic E-state index is 0.110. The monoisotopic (exact) mass is 236 g/mol. The maximum absolute atomic E-state index is 12.0. The van der Waals surface area contributed by atoms with Crippen molar-refractivity contribution >= 4 is 17.5 Å². The van der Waals surface area contributed by atoms with Crippen LogP contribution in [0.2, 0.25) is 5.02 Å². The number of amides is 1. The van der Waals surface area contributed by atoms with Gasteiger partial charge in [-0.3, -0.25) is 4.79 Å². The van der Waals surface area contributed by atoms with Gasteiger partial charge in [-0.25, -0.2) is 0 Å². The number of rotatable bonds is 4. The second-order valence-electron chi connectivity index (χ2n) is 3.40. The fourth-order valence-electron chi connectivity index (χ4n) is 1.41. The van der Waals surface area contributed by atoms with E-state index in [1.165, 1.54) is 4.90 Å². The third-order valence-corrected chi connectivity index (χ3v) is 2.35. The molecular formula is C12H13ClN2O. The number of halogens is 1. The van der Waals surface area contributed by atoms with Gasteiger partial charge >= 0.3 is 0 Å². The van der Waals surface area contributed by atoms with Crippen LogP contribution in [-0.4, -0.2) is 23.9 Å². The van der Waals surface area contributed by atoms with Gasteiger partial charge in [0.2, 0.25) is 0 Å². The van der Waals surface area contributed by atoms with Crippen LogP contribution in [0.15, 0.2) is 24.3 Å². The lowest BCUT2D eigenvalue weighted by Crippen LogP contribution is -2.32. The highest BCUT2D eigenvalue weighted by Crippen LogP contribution is 2.12. The van der Waals surface area contributed by atoms with E-state index < -0.39 is 0 Å². The Morgan fingerprint density at radius 2 is 2.31 bits per heavy atom. The van der Waals surface area contributed by atoms with Crippen LogP contribution >= 0.6 is 11.6 Å². The van der Waals surface area contributed by atoms with Crippen LogP contribution in [0.3, 0.4) is 0 Å². The predicted molar refractivity (Wildman–Crippen MR) is 63.3 cm³/mol. The molecule has 0 aliphatic rings. The van der Waals surface area contributed by atoms with E-state index in [0.717, 1.165) is 6.42 Å². The number of nitrogens with zero attached hydrogens (tertiary/aromatic N) is 2. The largest absolute Gasteiger partial charge is 0.325 e. The summed E-state index contributed by atoms with van der Waals surface area (Å²) >= 11 is 5.81. The number of benzene rings is 1. The first-order valence-corrected chi connectivity index (χ1v) is 5.48. The van der Waals surface area contributed by atoms with Gasteiger partial charge < -0.3 is 4.90 Å². The molecule has 1 aromatic carbocycles. The quantitative estimate of drug-likeness (QED) is 0.755. The summed E-state index contributed by atoms with van der Waals surface area (Å²) in [5.74, 6) is -0.147. The van der Waals surface area contributed by atoms with Crippen LogP contribution in [0, 0.1) is 11.3 Å². The molecule has 16 heavy (non-hydrogen) atoms. The molecule has 84 valence electrons. The van der Waals surface area contributed by atoms with Gasteiger partial charge in [-0.2, -0.15) is 5.26 Å². The molecule has 0 fully saturated rings. The Hall–Kier alpha value is -1.53. The van der Waals surface area contributed by atoms with Crippen molar-refractivity contribution in [1.29, 1.82) is 5.26 Å². The molecule has 1 amide bonds. The number of carbonyl (C=O) groups excluding carboxylic acids is 1. The van der Waals surface area contributed by atoms with Crippen molar-refractivity contribution in [3.8, 4) is 6.07 Å². The summed E-state index contributed by atoms with van der Waals surface area (Å²) in [7, 11) is 0. The van der Waals surface area contributed by atoms with E-state index in [9.17, 15) is 4.79 Å². The predicted octanol–water partition coefficient (Wildman–Crippen LogP) is 2.72. The SMILES string of the molecule is CCCN(CC#N)C(=O)c1cccc(Cl)c1. The van der Waals surface area contributed by atoms with Gasteiger partial charge in [-0.05, 0) is 24.6 Å². The van der Waals surface area contributed by atoms with E-state index in [-0.39, 0.29) is 12.5 Å². The molecule has 0 unspecified atom stereocenters. The van der Waals surface area contributed by atoms with Crippen LogP contribution in [0.5, 0.6) is 0 Å². The summed E-state index contributed by atoms with van der Waals surface area (Å²) in [6.07, 6.45) is 0.827. The van der Waals surface area contributed by atoms with Crippen LogP contribution in [0.25, 0.3) is 0 Å². The topological polar surface area (TPSA) is 44.1 Å². The molecule has 0 spiro atoms. The molecule has 0 atom stereocenters. The maximum atomic E-state index is 12.0. The number of hydrogen-bond acceptors (Lipinski definition) is 2. The summed E-state index contributed by atoms with van der Waals surface area (Å²) < 4.78 is 0. The number of nitriles is 1. The molecule has 0 saturated heterocycles. The highest BCUT2D eigenvalue weighted by atomic mass is 35.5. The Labute approximate surface area is 100 Å². The van der Waals surface area contributed by atoms with Crippen LogP contribution in [0.1, 0.15) is 23.7 Å². The van der Waals surface area contributed by atoms with E-state index in [0.29, 0.717) is 17.1 Å². The van der Waals surface area contributed by atoms with Gasteiger partial charge in [0, 0.05) is 17.1 Å². The van der Waals surface area contributed by atoms with Crippen molar-refractivity contribution in [2.24, 2.45) is 0 Å². The van der Waals surface area contributed by atoms with E-state index in [1.54, 1.807) is 24.3 Å². The molecule has 1 aromatic rings. The van der Waals surface area contributed by atoms with Gasteiger partial charge in [0.1, 0.15) is 6.54 Å². The number of hydrogen-bond donors (Lipinski definition) is 0. The van der Waals surface area contributed by atoms with Gasteiger partial charge in [-0.1, -0.05) is 24.6 Å². The smallest absolute Gasteiger partial charge is 0.254 e. The summed E-state index contributed by atoms with van der Waals surface area (Å²) in [5, 5.41) is 9.17. The van der Waals surface area contributed by atoms with E-state index in [2.05, 4.69) is 0 Å². The molecule has 0 aromatic heterocycles. The lowest BCUT2D eigenvalue weighted by molar-refractivity contribution is 0.0776. The Bertz CT molecular complexity index is 412. The zero-order valence-corrected chi connectivity index (χ0v) is 9.87. The highest BCUT2D eigenvalue weighted by Gasteiger charge is 2.14. The lowest BCUT2D eigenvalue weighted by atomic mass is 10.2. The molecule has 1 rings (SSSR count). The van der Waals surface area contributed by atoms with Crippen LogP contribution < -0.4 is 0 Å².